The molecule has 0 aliphatic heterocycles. The van der Waals surface area contributed by atoms with E-state index < -0.39 is 5.97 Å². The standard InChI is InChI=1S/C14H15N3O2S2/c1-3-7-20-8-6-17-13-12(10(2)4-5-15-13)16-14(17)21-9-11(18)19/h1,4-5H,6-9H2,2H3,(H,18,19). The van der Waals surface area contributed by atoms with Gasteiger partial charge in [-0.1, -0.05) is 17.7 Å². The lowest BCUT2D eigenvalue weighted by atomic mass is 10.3. The minimum absolute atomic E-state index is 0.0140. The highest BCUT2D eigenvalue weighted by Crippen LogP contribution is 2.25. The summed E-state index contributed by atoms with van der Waals surface area (Å²) in [7, 11) is 0. The Morgan fingerprint density at radius 2 is 2.38 bits per heavy atom. The predicted molar refractivity (Wildman–Crippen MR) is 86.8 cm³/mol. The maximum absolute atomic E-state index is 10.8. The Morgan fingerprint density at radius 3 is 3.10 bits per heavy atom. The molecule has 0 saturated carbocycles. The number of terminal acetylenes is 1. The average Bonchev–Trinajstić information content (AvgIpc) is 2.81. The monoisotopic (exact) mass is 321 g/mol. The second-order valence-corrected chi connectivity index (χ2v) is 6.33. The molecule has 0 bridgehead atoms. The SMILES string of the molecule is C#CCSCCn1c(SCC(=O)O)nc2c(C)ccnc21. The quantitative estimate of drug-likeness (QED) is 0.479. The third-order valence-corrected chi connectivity index (χ3v) is 4.57. The minimum atomic E-state index is -0.856. The lowest BCUT2D eigenvalue weighted by molar-refractivity contribution is -0.133. The molecule has 21 heavy (non-hydrogen) atoms. The second-order valence-electron chi connectivity index (χ2n) is 4.29. The summed E-state index contributed by atoms with van der Waals surface area (Å²) in [5.41, 5.74) is 2.66. The summed E-state index contributed by atoms with van der Waals surface area (Å²) in [5.74, 6) is 3.22. The van der Waals surface area contributed by atoms with Gasteiger partial charge in [-0.15, -0.1) is 18.2 Å². The maximum atomic E-state index is 10.8. The first-order valence-electron chi connectivity index (χ1n) is 6.31. The second kappa shape index (κ2) is 7.38. The number of rotatable bonds is 7. The third kappa shape index (κ3) is 3.93. The number of imidazole rings is 1. The number of nitrogens with zero attached hydrogens (tertiary/aromatic N) is 3. The Labute approximate surface area is 131 Å². The molecule has 1 N–H and O–H groups in total. The Kier molecular flexibility index (Phi) is 5.53. The van der Waals surface area contributed by atoms with Crippen molar-refractivity contribution in [3.63, 3.8) is 0 Å². The Morgan fingerprint density at radius 1 is 1.57 bits per heavy atom. The van der Waals surface area contributed by atoms with Crippen LogP contribution in [0.3, 0.4) is 0 Å². The van der Waals surface area contributed by atoms with E-state index in [4.69, 9.17) is 11.5 Å². The molecule has 0 aromatic carbocycles. The third-order valence-electron chi connectivity index (χ3n) is 2.77. The fraction of sp³-hybridized carbons (Fsp3) is 0.357. The molecule has 0 saturated heterocycles. The van der Waals surface area contributed by atoms with E-state index in [1.165, 1.54) is 11.8 Å². The molecule has 5 nitrogen and oxygen atoms in total. The zero-order chi connectivity index (χ0) is 15.2. The van der Waals surface area contributed by atoms with Crippen molar-refractivity contribution in [3.8, 4) is 12.3 Å². The number of pyridine rings is 1. The highest BCUT2D eigenvalue weighted by Gasteiger charge is 2.14. The van der Waals surface area contributed by atoms with E-state index in [9.17, 15) is 4.79 Å². The molecule has 110 valence electrons. The molecule has 7 heteroatoms. The van der Waals surface area contributed by atoms with Crippen LogP contribution in [0.15, 0.2) is 17.4 Å². The van der Waals surface area contributed by atoms with Gasteiger partial charge in [0.15, 0.2) is 10.8 Å². The van der Waals surface area contributed by atoms with Gasteiger partial charge in [0, 0.05) is 18.5 Å². The van der Waals surface area contributed by atoms with Gasteiger partial charge in [-0.3, -0.25) is 4.79 Å². The number of thioether (sulfide) groups is 2. The van der Waals surface area contributed by atoms with Crippen molar-refractivity contribution in [2.24, 2.45) is 0 Å². The molecule has 0 radical (unpaired) electrons. The number of aromatic nitrogens is 3. The van der Waals surface area contributed by atoms with Gasteiger partial charge in [-0.2, -0.15) is 0 Å². The molecule has 0 aliphatic carbocycles. The van der Waals surface area contributed by atoms with Crippen molar-refractivity contribution in [1.82, 2.24) is 14.5 Å². The van der Waals surface area contributed by atoms with Crippen LogP contribution in [0.4, 0.5) is 0 Å². The Bertz CT molecular complexity index is 691. The first-order chi connectivity index (χ1) is 10.1. The van der Waals surface area contributed by atoms with Crippen LogP contribution >= 0.6 is 23.5 Å². The summed E-state index contributed by atoms with van der Waals surface area (Å²) in [6.07, 6.45) is 6.98. The molecule has 2 aromatic rings. The number of aryl methyl sites for hydroxylation is 2. The molecule has 2 aromatic heterocycles. The number of carboxylic acid groups (broad SMARTS) is 1. The minimum Gasteiger partial charge on any atom is -0.481 e. The van der Waals surface area contributed by atoms with Crippen LogP contribution in [0, 0.1) is 19.3 Å². The fourth-order valence-electron chi connectivity index (χ4n) is 1.84. The van der Waals surface area contributed by atoms with Crippen molar-refractivity contribution in [2.75, 3.05) is 17.3 Å². The number of hydrogen-bond donors (Lipinski definition) is 1. The summed E-state index contributed by atoms with van der Waals surface area (Å²) in [6.45, 7) is 2.68. The first-order valence-corrected chi connectivity index (χ1v) is 8.45. The molecular weight excluding hydrogens is 306 g/mol. The smallest absolute Gasteiger partial charge is 0.313 e. The van der Waals surface area contributed by atoms with Gasteiger partial charge in [0.25, 0.3) is 0 Å². The van der Waals surface area contributed by atoms with Crippen molar-refractivity contribution in [3.05, 3.63) is 17.8 Å². The van der Waals surface area contributed by atoms with Crippen LogP contribution in [0.5, 0.6) is 0 Å². The maximum Gasteiger partial charge on any atom is 0.313 e. The van der Waals surface area contributed by atoms with Gasteiger partial charge in [-0.25, -0.2) is 9.97 Å². The van der Waals surface area contributed by atoms with Crippen molar-refractivity contribution < 1.29 is 9.90 Å². The number of fused-ring (bicyclic) bond motifs is 1. The first kappa shape index (κ1) is 15.7. The summed E-state index contributed by atoms with van der Waals surface area (Å²) < 4.78 is 1.97. The van der Waals surface area contributed by atoms with Gasteiger partial charge < -0.3 is 9.67 Å². The van der Waals surface area contributed by atoms with E-state index in [1.54, 1.807) is 18.0 Å². The van der Waals surface area contributed by atoms with Crippen LogP contribution in [0.2, 0.25) is 0 Å². The summed E-state index contributed by atoms with van der Waals surface area (Å²) >= 11 is 2.88. The van der Waals surface area contributed by atoms with Gasteiger partial charge in [0.2, 0.25) is 0 Å². The number of carboxylic acids is 1. The van der Waals surface area contributed by atoms with Crippen LogP contribution in [-0.2, 0) is 11.3 Å². The van der Waals surface area contributed by atoms with Crippen molar-refractivity contribution in [2.45, 2.75) is 18.6 Å². The molecule has 0 atom stereocenters. The van der Waals surface area contributed by atoms with Gasteiger partial charge in [-0.05, 0) is 18.6 Å². The Balaban J connectivity index is 2.28. The number of aliphatic carboxylic acids is 1. The highest BCUT2D eigenvalue weighted by molar-refractivity contribution is 8.00. The Hall–Kier alpha value is -1.65. The molecular formula is C14H15N3O2S2. The fourth-order valence-corrected chi connectivity index (χ4v) is 3.16. The van der Waals surface area contributed by atoms with E-state index >= 15 is 0 Å². The zero-order valence-corrected chi connectivity index (χ0v) is 13.2. The summed E-state index contributed by atoms with van der Waals surface area (Å²) in [6, 6.07) is 1.90. The molecule has 0 fully saturated rings. The normalized spacial score (nSPS) is 10.7. The van der Waals surface area contributed by atoms with Crippen molar-refractivity contribution >= 4 is 40.7 Å². The molecule has 0 spiro atoms. The van der Waals surface area contributed by atoms with E-state index in [-0.39, 0.29) is 5.75 Å². The van der Waals surface area contributed by atoms with E-state index in [0.717, 1.165) is 22.5 Å². The zero-order valence-electron chi connectivity index (χ0n) is 11.6. The molecule has 2 rings (SSSR count). The average molecular weight is 321 g/mol. The molecule has 0 unspecified atom stereocenters. The van der Waals surface area contributed by atoms with E-state index in [2.05, 4.69) is 15.9 Å². The van der Waals surface area contributed by atoms with Gasteiger partial charge in [0.1, 0.15) is 5.52 Å². The molecule has 2 heterocycles. The lowest BCUT2D eigenvalue weighted by Gasteiger charge is -2.06. The predicted octanol–water partition coefficient (Wildman–Crippen LogP) is 2.28. The number of hydrogen-bond acceptors (Lipinski definition) is 5. The van der Waals surface area contributed by atoms with Crippen LogP contribution in [-0.4, -0.2) is 42.9 Å². The van der Waals surface area contributed by atoms with Gasteiger partial charge >= 0.3 is 5.97 Å². The molecule has 0 amide bonds. The summed E-state index contributed by atoms with van der Waals surface area (Å²) in [5, 5.41) is 9.53. The number of carbonyl (C=O) groups is 1. The topological polar surface area (TPSA) is 68.0 Å². The van der Waals surface area contributed by atoms with Crippen LogP contribution < -0.4 is 0 Å². The highest BCUT2D eigenvalue weighted by atomic mass is 32.2. The van der Waals surface area contributed by atoms with E-state index in [1.807, 2.05) is 17.6 Å². The molecule has 0 aliphatic rings. The summed E-state index contributed by atoms with van der Waals surface area (Å²) in [4.78, 5) is 19.7. The van der Waals surface area contributed by atoms with E-state index in [0.29, 0.717) is 17.5 Å². The van der Waals surface area contributed by atoms with Crippen molar-refractivity contribution in [1.29, 1.82) is 0 Å². The largest absolute Gasteiger partial charge is 0.481 e. The lowest BCUT2D eigenvalue weighted by Crippen LogP contribution is -2.06. The van der Waals surface area contributed by atoms with Crippen LogP contribution in [0.25, 0.3) is 11.2 Å². The van der Waals surface area contributed by atoms with Crippen LogP contribution in [0.1, 0.15) is 5.56 Å². The van der Waals surface area contributed by atoms with Gasteiger partial charge in [0.05, 0.1) is 11.5 Å².